The van der Waals surface area contributed by atoms with Crippen molar-refractivity contribution in [3.63, 3.8) is 0 Å². The topological polar surface area (TPSA) is 17.1 Å². The molecule has 2 heteroatoms. The second kappa shape index (κ2) is 2.85. The van der Waals surface area contributed by atoms with E-state index in [-0.39, 0.29) is 5.78 Å². The maximum Gasteiger partial charge on any atom is 0.174 e. The van der Waals surface area contributed by atoms with Crippen molar-refractivity contribution in [2.75, 3.05) is 5.75 Å². The van der Waals surface area contributed by atoms with Crippen LogP contribution in [0.4, 0.5) is 0 Å². The van der Waals surface area contributed by atoms with Crippen molar-refractivity contribution in [3.05, 3.63) is 42.0 Å². The van der Waals surface area contributed by atoms with Gasteiger partial charge in [-0.3, -0.25) is 4.79 Å². The van der Waals surface area contributed by atoms with Gasteiger partial charge in [-0.05, 0) is 22.9 Å². The van der Waals surface area contributed by atoms with E-state index in [2.05, 4.69) is 12.1 Å². The number of carbonyl (C=O) groups excluding carboxylic acids is 1. The van der Waals surface area contributed by atoms with E-state index in [0.29, 0.717) is 5.75 Å². The number of thioether (sulfide) groups is 1. The molecule has 1 nitrogen and oxygen atoms in total. The normalized spacial score (nSPS) is 14.7. The number of benzene rings is 2. The van der Waals surface area contributed by atoms with Gasteiger partial charge in [-0.2, -0.15) is 0 Å². The minimum atomic E-state index is 0.260. The molecule has 68 valence electrons. The maximum atomic E-state index is 11.5. The lowest BCUT2D eigenvalue weighted by molar-refractivity contribution is 0.102. The summed E-state index contributed by atoms with van der Waals surface area (Å²) in [5.74, 6) is 0.863. The molecular weight excluding hydrogens is 192 g/mol. The van der Waals surface area contributed by atoms with E-state index in [1.807, 2.05) is 24.3 Å². The fraction of sp³-hybridized carbons (Fsp3) is 0.0833. The molecule has 2 aromatic rings. The third-order valence-electron chi connectivity index (χ3n) is 2.51. The van der Waals surface area contributed by atoms with Gasteiger partial charge < -0.3 is 0 Å². The van der Waals surface area contributed by atoms with E-state index in [1.165, 1.54) is 5.39 Å². The molecule has 1 aliphatic heterocycles. The molecule has 0 amide bonds. The Kier molecular flexibility index (Phi) is 1.64. The van der Waals surface area contributed by atoms with Crippen LogP contribution in [0, 0.1) is 0 Å². The Morgan fingerprint density at radius 1 is 1.07 bits per heavy atom. The van der Waals surface area contributed by atoms with Gasteiger partial charge in [0.05, 0.1) is 5.75 Å². The SMILES string of the molecule is O=C1CSc2cc3ccccc3cc21. The smallest absolute Gasteiger partial charge is 0.174 e. The third kappa shape index (κ3) is 1.07. The largest absolute Gasteiger partial charge is 0.293 e. The van der Waals surface area contributed by atoms with Gasteiger partial charge in [0.2, 0.25) is 0 Å². The van der Waals surface area contributed by atoms with Crippen molar-refractivity contribution in [3.8, 4) is 0 Å². The number of ketones is 1. The molecule has 0 unspecified atom stereocenters. The number of hydrogen-bond donors (Lipinski definition) is 0. The Morgan fingerprint density at radius 3 is 2.57 bits per heavy atom. The van der Waals surface area contributed by atoms with E-state index in [4.69, 9.17) is 0 Å². The Hall–Kier alpha value is -1.28. The molecule has 0 radical (unpaired) electrons. The Labute approximate surface area is 86.1 Å². The summed E-state index contributed by atoms with van der Waals surface area (Å²) in [6, 6.07) is 12.3. The highest BCUT2D eigenvalue weighted by molar-refractivity contribution is 8.00. The zero-order chi connectivity index (χ0) is 9.54. The molecular formula is C12H8OS. The predicted octanol–water partition coefficient (Wildman–Crippen LogP) is 3.13. The average Bonchev–Trinajstić information content (AvgIpc) is 2.57. The lowest BCUT2D eigenvalue weighted by atomic mass is 10.1. The molecule has 3 rings (SSSR count). The van der Waals surface area contributed by atoms with Gasteiger partial charge in [0.15, 0.2) is 5.78 Å². The Bertz CT molecular complexity index is 531. The van der Waals surface area contributed by atoms with E-state index in [0.717, 1.165) is 15.8 Å². The van der Waals surface area contributed by atoms with Gasteiger partial charge >= 0.3 is 0 Å². The van der Waals surface area contributed by atoms with Crippen molar-refractivity contribution in [2.24, 2.45) is 0 Å². The zero-order valence-electron chi connectivity index (χ0n) is 7.49. The lowest BCUT2D eigenvalue weighted by Gasteiger charge is -2.00. The van der Waals surface area contributed by atoms with Crippen molar-refractivity contribution in [2.45, 2.75) is 4.90 Å². The minimum absolute atomic E-state index is 0.260. The second-order valence-electron chi connectivity index (χ2n) is 3.41. The summed E-state index contributed by atoms with van der Waals surface area (Å²) >= 11 is 1.64. The molecule has 0 N–H and O–H groups in total. The molecule has 0 aliphatic carbocycles. The van der Waals surface area contributed by atoms with Crippen LogP contribution in [0.1, 0.15) is 10.4 Å². The fourth-order valence-corrected chi connectivity index (χ4v) is 2.76. The Morgan fingerprint density at radius 2 is 1.79 bits per heavy atom. The van der Waals surface area contributed by atoms with Gasteiger partial charge in [-0.15, -0.1) is 11.8 Å². The van der Waals surface area contributed by atoms with Gasteiger partial charge in [0.25, 0.3) is 0 Å². The lowest BCUT2D eigenvalue weighted by Crippen LogP contribution is -1.94. The summed E-state index contributed by atoms with van der Waals surface area (Å²) in [6.45, 7) is 0. The number of fused-ring (bicyclic) bond motifs is 2. The highest BCUT2D eigenvalue weighted by Crippen LogP contribution is 2.34. The first-order chi connectivity index (χ1) is 6.84. The summed E-state index contributed by atoms with van der Waals surface area (Å²) < 4.78 is 0. The van der Waals surface area contributed by atoms with Crippen LogP contribution < -0.4 is 0 Å². The number of hydrogen-bond acceptors (Lipinski definition) is 2. The summed E-state index contributed by atoms with van der Waals surface area (Å²) in [5, 5.41) is 2.37. The van der Waals surface area contributed by atoms with Crippen LogP contribution in [-0.2, 0) is 0 Å². The maximum absolute atomic E-state index is 11.5. The summed E-state index contributed by atoms with van der Waals surface area (Å²) in [5.41, 5.74) is 0.897. The minimum Gasteiger partial charge on any atom is -0.293 e. The fourth-order valence-electron chi connectivity index (χ4n) is 1.78. The number of Topliss-reactive ketones (excluding diaryl/α,β-unsaturated/α-hetero) is 1. The van der Waals surface area contributed by atoms with Crippen LogP contribution in [0.5, 0.6) is 0 Å². The highest BCUT2D eigenvalue weighted by Gasteiger charge is 2.20. The zero-order valence-corrected chi connectivity index (χ0v) is 8.30. The average molecular weight is 200 g/mol. The molecule has 1 aliphatic rings. The van der Waals surface area contributed by atoms with Gasteiger partial charge in [0, 0.05) is 10.5 Å². The van der Waals surface area contributed by atoms with Crippen LogP contribution >= 0.6 is 11.8 Å². The van der Waals surface area contributed by atoms with Crippen LogP contribution in [0.3, 0.4) is 0 Å². The first-order valence-corrected chi connectivity index (χ1v) is 5.52. The van der Waals surface area contributed by atoms with Crippen LogP contribution in [-0.4, -0.2) is 11.5 Å². The first kappa shape index (κ1) is 8.06. The molecule has 0 atom stereocenters. The summed E-state index contributed by atoms with van der Waals surface area (Å²) in [4.78, 5) is 12.6. The standard InChI is InChI=1S/C12H8OS/c13-11-7-14-12-6-9-4-2-1-3-8(9)5-10(11)12/h1-6H,7H2. The van der Waals surface area contributed by atoms with Crippen molar-refractivity contribution >= 4 is 28.3 Å². The monoisotopic (exact) mass is 200 g/mol. The van der Waals surface area contributed by atoms with Gasteiger partial charge in [0.1, 0.15) is 0 Å². The van der Waals surface area contributed by atoms with Crippen molar-refractivity contribution in [1.29, 1.82) is 0 Å². The van der Waals surface area contributed by atoms with Crippen molar-refractivity contribution in [1.82, 2.24) is 0 Å². The van der Waals surface area contributed by atoms with Crippen LogP contribution in [0.2, 0.25) is 0 Å². The molecule has 1 heterocycles. The first-order valence-electron chi connectivity index (χ1n) is 4.53. The summed E-state index contributed by atoms with van der Waals surface area (Å²) in [6.07, 6.45) is 0. The molecule has 0 saturated carbocycles. The Balaban J connectivity index is 2.38. The van der Waals surface area contributed by atoms with Gasteiger partial charge in [-0.1, -0.05) is 24.3 Å². The molecule has 0 aromatic heterocycles. The van der Waals surface area contributed by atoms with Crippen LogP contribution in [0.15, 0.2) is 41.3 Å². The second-order valence-corrected chi connectivity index (χ2v) is 4.42. The molecule has 2 aromatic carbocycles. The third-order valence-corrected chi connectivity index (χ3v) is 3.56. The predicted molar refractivity (Wildman–Crippen MR) is 59.0 cm³/mol. The highest BCUT2D eigenvalue weighted by atomic mass is 32.2. The van der Waals surface area contributed by atoms with E-state index < -0.39 is 0 Å². The quantitative estimate of drug-likeness (QED) is 0.650. The van der Waals surface area contributed by atoms with Crippen LogP contribution in [0.25, 0.3) is 10.8 Å². The van der Waals surface area contributed by atoms with E-state index in [1.54, 1.807) is 11.8 Å². The van der Waals surface area contributed by atoms with E-state index >= 15 is 0 Å². The summed E-state index contributed by atoms with van der Waals surface area (Å²) in [7, 11) is 0. The molecule has 14 heavy (non-hydrogen) atoms. The van der Waals surface area contributed by atoms with Crippen molar-refractivity contribution < 1.29 is 4.79 Å². The number of carbonyl (C=O) groups is 1. The molecule has 0 fully saturated rings. The van der Waals surface area contributed by atoms with E-state index in [9.17, 15) is 4.79 Å². The number of rotatable bonds is 0. The molecule has 0 spiro atoms. The molecule has 0 bridgehead atoms. The van der Waals surface area contributed by atoms with Gasteiger partial charge in [-0.25, -0.2) is 0 Å². The molecule has 0 saturated heterocycles.